The molecule has 0 heterocycles. The minimum absolute atomic E-state index is 0.337. The molecule has 3 heteroatoms. The summed E-state index contributed by atoms with van der Waals surface area (Å²) < 4.78 is 0. The molecule has 70 valence electrons. The monoisotopic (exact) mass is 194 g/mol. The van der Waals surface area contributed by atoms with Gasteiger partial charge >= 0.3 is 0 Å². The molecule has 1 rings (SSSR count). The van der Waals surface area contributed by atoms with E-state index in [1.165, 1.54) is 0 Å². The smallest absolute Gasteiger partial charge is 0.0980 e. The second-order valence-electron chi connectivity index (χ2n) is 3.48. The summed E-state index contributed by atoms with van der Waals surface area (Å²) in [6.07, 6.45) is 0. The zero-order chi connectivity index (χ0) is 9.90. The van der Waals surface area contributed by atoms with Crippen molar-refractivity contribution in [1.29, 1.82) is 0 Å². The fourth-order valence-electron chi connectivity index (χ4n) is 0.944. The first-order valence-corrected chi connectivity index (χ1v) is 4.56. The number of thiocarbonyl (C=S) groups is 1. The summed E-state index contributed by atoms with van der Waals surface area (Å²) in [7, 11) is 0. The van der Waals surface area contributed by atoms with Gasteiger partial charge < -0.3 is 11.1 Å². The molecule has 0 bridgehead atoms. The highest BCUT2D eigenvalue weighted by atomic mass is 32.1. The molecular weight excluding hydrogens is 180 g/mol. The minimum Gasteiger partial charge on any atom is -0.391 e. The Hall–Kier alpha value is -1.09. The van der Waals surface area contributed by atoms with E-state index in [0.29, 0.717) is 4.99 Å². The van der Waals surface area contributed by atoms with Gasteiger partial charge in [-0.05, 0) is 26.0 Å². The zero-order valence-corrected chi connectivity index (χ0v) is 8.69. The van der Waals surface area contributed by atoms with E-state index in [9.17, 15) is 0 Å². The van der Waals surface area contributed by atoms with Gasteiger partial charge in [-0.1, -0.05) is 30.4 Å². The standard InChI is InChI=1S/C10H14N2S/c1-10(2,9(11)13)12-8-6-4-3-5-7-8/h3-7,12H,1-2H3,(H2,11,13). The molecule has 0 saturated heterocycles. The Bertz CT molecular complexity index is 293. The summed E-state index contributed by atoms with van der Waals surface area (Å²) in [5, 5.41) is 3.25. The van der Waals surface area contributed by atoms with Gasteiger partial charge in [-0.2, -0.15) is 0 Å². The predicted octanol–water partition coefficient (Wildman–Crippen LogP) is 2.16. The Morgan fingerprint density at radius 1 is 1.31 bits per heavy atom. The third kappa shape index (κ3) is 2.70. The number of nitrogens with two attached hydrogens (primary N) is 1. The largest absolute Gasteiger partial charge is 0.391 e. The fraction of sp³-hybridized carbons (Fsp3) is 0.300. The van der Waals surface area contributed by atoms with Crippen molar-refractivity contribution >= 4 is 22.9 Å². The summed E-state index contributed by atoms with van der Waals surface area (Å²) in [4.78, 5) is 0.469. The third-order valence-electron chi connectivity index (χ3n) is 1.85. The van der Waals surface area contributed by atoms with Gasteiger partial charge in [-0.25, -0.2) is 0 Å². The number of nitrogens with one attached hydrogen (secondary N) is 1. The normalized spacial score (nSPS) is 10.9. The second-order valence-corrected chi connectivity index (χ2v) is 3.92. The third-order valence-corrected chi connectivity index (χ3v) is 2.36. The van der Waals surface area contributed by atoms with Crippen LogP contribution >= 0.6 is 12.2 Å². The van der Waals surface area contributed by atoms with Gasteiger partial charge in [0.25, 0.3) is 0 Å². The molecule has 0 aliphatic heterocycles. The molecule has 3 N–H and O–H groups in total. The van der Waals surface area contributed by atoms with Crippen LogP contribution in [-0.2, 0) is 0 Å². The van der Waals surface area contributed by atoms with Crippen LogP contribution in [0.15, 0.2) is 30.3 Å². The molecule has 0 aliphatic rings. The van der Waals surface area contributed by atoms with E-state index in [4.69, 9.17) is 18.0 Å². The predicted molar refractivity (Wildman–Crippen MR) is 60.9 cm³/mol. The van der Waals surface area contributed by atoms with Crippen LogP contribution in [0, 0.1) is 0 Å². The van der Waals surface area contributed by atoms with Crippen molar-refractivity contribution in [3.05, 3.63) is 30.3 Å². The molecule has 1 aromatic rings. The van der Waals surface area contributed by atoms with E-state index in [-0.39, 0.29) is 5.54 Å². The van der Waals surface area contributed by atoms with Gasteiger partial charge in [0, 0.05) is 5.69 Å². The van der Waals surface area contributed by atoms with Gasteiger partial charge in [0.1, 0.15) is 0 Å². The molecule has 0 fully saturated rings. The fourth-order valence-corrected chi connectivity index (χ4v) is 0.995. The van der Waals surface area contributed by atoms with E-state index in [0.717, 1.165) is 5.69 Å². The molecule has 0 saturated carbocycles. The maximum Gasteiger partial charge on any atom is 0.0980 e. The highest BCUT2D eigenvalue weighted by Crippen LogP contribution is 2.14. The van der Waals surface area contributed by atoms with E-state index in [1.807, 2.05) is 44.2 Å². The van der Waals surface area contributed by atoms with Crippen LogP contribution in [0.25, 0.3) is 0 Å². The second kappa shape index (κ2) is 3.75. The van der Waals surface area contributed by atoms with Gasteiger partial charge in [0.2, 0.25) is 0 Å². The first-order chi connectivity index (χ1) is 6.02. The molecule has 0 aliphatic carbocycles. The zero-order valence-electron chi connectivity index (χ0n) is 7.87. The summed E-state index contributed by atoms with van der Waals surface area (Å²) >= 11 is 4.95. The number of para-hydroxylation sites is 1. The van der Waals surface area contributed by atoms with Gasteiger partial charge in [0.05, 0.1) is 10.5 Å². The van der Waals surface area contributed by atoms with Crippen LogP contribution in [0.4, 0.5) is 5.69 Å². The van der Waals surface area contributed by atoms with E-state index >= 15 is 0 Å². The van der Waals surface area contributed by atoms with Crippen molar-refractivity contribution in [3.63, 3.8) is 0 Å². The van der Waals surface area contributed by atoms with Crippen molar-refractivity contribution in [1.82, 2.24) is 0 Å². The Labute approximate surface area is 84.1 Å². The molecule has 0 amide bonds. The van der Waals surface area contributed by atoms with E-state index < -0.39 is 0 Å². The Balaban J connectivity index is 2.75. The number of hydrogen-bond acceptors (Lipinski definition) is 2. The minimum atomic E-state index is -0.337. The first kappa shape index (κ1) is 9.99. The number of anilines is 1. The molecular formula is C10H14N2S. The molecule has 0 spiro atoms. The van der Waals surface area contributed by atoms with Crippen molar-refractivity contribution in [3.8, 4) is 0 Å². The average Bonchev–Trinajstić information content (AvgIpc) is 2.05. The summed E-state index contributed by atoms with van der Waals surface area (Å²) in [6, 6.07) is 9.88. The van der Waals surface area contributed by atoms with Crippen molar-refractivity contribution in [2.45, 2.75) is 19.4 Å². The Morgan fingerprint density at radius 2 is 1.85 bits per heavy atom. The quantitative estimate of drug-likeness (QED) is 0.724. The van der Waals surface area contributed by atoms with Crippen LogP contribution in [0.1, 0.15) is 13.8 Å². The Morgan fingerprint density at radius 3 is 2.31 bits per heavy atom. The highest BCUT2D eigenvalue weighted by molar-refractivity contribution is 7.80. The van der Waals surface area contributed by atoms with Gasteiger partial charge in [-0.3, -0.25) is 0 Å². The van der Waals surface area contributed by atoms with Crippen LogP contribution in [0.3, 0.4) is 0 Å². The molecule has 0 aromatic heterocycles. The number of rotatable bonds is 3. The maximum absolute atomic E-state index is 5.59. The van der Waals surface area contributed by atoms with Crippen LogP contribution in [0.2, 0.25) is 0 Å². The van der Waals surface area contributed by atoms with Crippen molar-refractivity contribution < 1.29 is 0 Å². The topological polar surface area (TPSA) is 38.0 Å². The number of hydrogen-bond donors (Lipinski definition) is 2. The molecule has 1 aromatic carbocycles. The maximum atomic E-state index is 5.59. The van der Waals surface area contributed by atoms with Crippen LogP contribution in [-0.4, -0.2) is 10.5 Å². The van der Waals surface area contributed by atoms with Gasteiger partial charge in [-0.15, -0.1) is 0 Å². The van der Waals surface area contributed by atoms with Crippen molar-refractivity contribution in [2.24, 2.45) is 5.73 Å². The first-order valence-electron chi connectivity index (χ1n) is 4.15. The van der Waals surface area contributed by atoms with E-state index in [1.54, 1.807) is 0 Å². The average molecular weight is 194 g/mol. The molecule has 0 atom stereocenters. The molecule has 0 radical (unpaired) electrons. The molecule has 13 heavy (non-hydrogen) atoms. The van der Waals surface area contributed by atoms with Crippen LogP contribution < -0.4 is 11.1 Å². The lowest BCUT2D eigenvalue weighted by molar-refractivity contribution is 0.763. The molecule has 0 unspecified atom stereocenters. The van der Waals surface area contributed by atoms with Crippen LogP contribution in [0.5, 0.6) is 0 Å². The lowest BCUT2D eigenvalue weighted by atomic mass is 10.1. The molecule has 2 nitrogen and oxygen atoms in total. The van der Waals surface area contributed by atoms with E-state index in [2.05, 4.69) is 5.32 Å². The summed E-state index contributed by atoms with van der Waals surface area (Å²) in [6.45, 7) is 3.92. The highest BCUT2D eigenvalue weighted by Gasteiger charge is 2.20. The SMILES string of the molecule is CC(C)(Nc1ccccc1)C(N)=S. The lowest BCUT2D eigenvalue weighted by Crippen LogP contribution is -2.43. The lowest BCUT2D eigenvalue weighted by Gasteiger charge is -2.25. The summed E-state index contributed by atoms with van der Waals surface area (Å²) in [5.41, 5.74) is 6.28. The number of benzene rings is 1. The Kier molecular flexibility index (Phi) is 2.88. The van der Waals surface area contributed by atoms with Crippen molar-refractivity contribution in [2.75, 3.05) is 5.32 Å². The summed E-state index contributed by atoms with van der Waals surface area (Å²) in [5.74, 6) is 0. The van der Waals surface area contributed by atoms with Gasteiger partial charge in [0.15, 0.2) is 0 Å².